The van der Waals surface area contributed by atoms with Crippen molar-refractivity contribution in [2.75, 3.05) is 20.8 Å². The van der Waals surface area contributed by atoms with Gasteiger partial charge in [0.1, 0.15) is 0 Å². The van der Waals surface area contributed by atoms with Gasteiger partial charge in [-0.3, -0.25) is 4.79 Å². The zero-order chi connectivity index (χ0) is 8.99. The van der Waals surface area contributed by atoms with E-state index < -0.39 is 5.97 Å². The molecule has 0 aromatic heterocycles. The first-order valence-electron chi connectivity index (χ1n) is 2.77. The average Bonchev–Trinajstić information content (AvgIpc) is 1.65. The molecule has 0 aliphatic rings. The molecule has 4 nitrogen and oxygen atoms in total. The summed E-state index contributed by atoms with van der Waals surface area (Å²) in [5, 5.41) is 15.0. The molecule has 4 heteroatoms. The standard InChI is InChI=1S/C2H4O2.2C2H6O/c1-2(3)4;1-3-2;1-2-3/h1H3,(H,3,4);1-2H3;3H,2H2,1H3. The van der Waals surface area contributed by atoms with Crippen LogP contribution in [0.5, 0.6) is 0 Å². The zero-order valence-corrected chi connectivity index (χ0v) is 6.92. The van der Waals surface area contributed by atoms with Gasteiger partial charge in [0.2, 0.25) is 0 Å². The van der Waals surface area contributed by atoms with Crippen LogP contribution in [0.4, 0.5) is 0 Å². The normalized spacial score (nSPS) is 6.10. The number of hydrogen-bond acceptors (Lipinski definition) is 3. The van der Waals surface area contributed by atoms with Gasteiger partial charge in [0.25, 0.3) is 5.97 Å². The molecule has 0 aliphatic heterocycles. The lowest BCUT2D eigenvalue weighted by Gasteiger charge is -1.61. The molecule has 0 rings (SSSR count). The number of aliphatic hydroxyl groups is 1. The number of carboxylic acid groups (broad SMARTS) is 1. The van der Waals surface area contributed by atoms with Gasteiger partial charge in [-0.15, -0.1) is 0 Å². The molecular weight excluding hydrogens is 136 g/mol. The molecule has 64 valence electrons. The van der Waals surface area contributed by atoms with Crippen LogP contribution in [0, 0.1) is 0 Å². The van der Waals surface area contributed by atoms with E-state index >= 15 is 0 Å². The Morgan fingerprint density at radius 1 is 1.50 bits per heavy atom. The van der Waals surface area contributed by atoms with Gasteiger partial charge in [0, 0.05) is 27.8 Å². The monoisotopic (exact) mass is 152 g/mol. The van der Waals surface area contributed by atoms with Crippen molar-refractivity contribution in [2.45, 2.75) is 13.8 Å². The van der Waals surface area contributed by atoms with Crippen molar-refractivity contribution in [1.29, 1.82) is 0 Å². The number of ether oxygens (including phenoxy) is 1. The molecule has 0 fully saturated rings. The molecule has 2 N–H and O–H groups in total. The number of carbonyl (C=O) groups is 1. The number of carboxylic acids is 1. The highest BCUT2D eigenvalue weighted by Crippen LogP contribution is 1.42. The van der Waals surface area contributed by atoms with E-state index in [2.05, 4.69) is 4.74 Å². The Hall–Kier alpha value is -0.610. The first-order chi connectivity index (χ1) is 4.56. The highest BCUT2D eigenvalue weighted by Gasteiger charge is 1.65. The van der Waals surface area contributed by atoms with Crippen LogP contribution in [-0.2, 0) is 9.53 Å². The number of methoxy groups -OCH3 is 1. The minimum atomic E-state index is -0.833. The van der Waals surface area contributed by atoms with E-state index in [-0.39, 0.29) is 6.61 Å². The lowest BCUT2D eigenvalue weighted by Crippen LogP contribution is -1.78. The van der Waals surface area contributed by atoms with E-state index in [1.54, 1.807) is 21.1 Å². The lowest BCUT2D eigenvalue weighted by atomic mass is 10.9. The molecule has 10 heavy (non-hydrogen) atoms. The minimum Gasteiger partial charge on any atom is -0.481 e. The summed E-state index contributed by atoms with van der Waals surface area (Å²) in [6.07, 6.45) is 0. The van der Waals surface area contributed by atoms with E-state index in [1.165, 1.54) is 0 Å². The van der Waals surface area contributed by atoms with Gasteiger partial charge in [-0.1, -0.05) is 0 Å². The summed E-state index contributed by atoms with van der Waals surface area (Å²) in [4.78, 5) is 9.00. The highest BCUT2D eigenvalue weighted by molar-refractivity contribution is 5.62. The number of aliphatic carboxylic acids is 1. The number of hydrogen-bond donors (Lipinski definition) is 2. The third kappa shape index (κ3) is 811. The second kappa shape index (κ2) is 23.8. The van der Waals surface area contributed by atoms with E-state index in [1.807, 2.05) is 0 Å². The van der Waals surface area contributed by atoms with Crippen molar-refractivity contribution in [3.05, 3.63) is 0 Å². The van der Waals surface area contributed by atoms with E-state index in [4.69, 9.17) is 15.0 Å². The van der Waals surface area contributed by atoms with Crippen LogP contribution in [-0.4, -0.2) is 37.0 Å². The van der Waals surface area contributed by atoms with Crippen LogP contribution >= 0.6 is 0 Å². The molecule has 0 unspecified atom stereocenters. The molecule has 0 aromatic rings. The fraction of sp³-hybridized carbons (Fsp3) is 0.833. The number of aliphatic hydroxyl groups excluding tert-OH is 1. The van der Waals surface area contributed by atoms with Crippen molar-refractivity contribution in [2.24, 2.45) is 0 Å². The summed E-state index contributed by atoms with van der Waals surface area (Å²) in [7, 11) is 3.25. The third-order valence-corrected chi connectivity index (χ3v) is 0. The Labute approximate surface area is 61.4 Å². The summed E-state index contributed by atoms with van der Waals surface area (Å²) in [6, 6.07) is 0. The summed E-state index contributed by atoms with van der Waals surface area (Å²) < 4.78 is 4.25. The molecule has 0 radical (unpaired) electrons. The summed E-state index contributed by atoms with van der Waals surface area (Å²) in [5.74, 6) is -0.833. The lowest BCUT2D eigenvalue weighted by molar-refractivity contribution is -0.134. The van der Waals surface area contributed by atoms with Crippen molar-refractivity contribution in [3.63, 3.8) is 0 Å². The molecule has 0 spiro atoms. The van der Waals surface area contributed by atoms with Gasteiger partial charge < -0.3 is 14.9 Å². The molecule has 0 heterocycles. The van der Waals surface area contributed by atoms with Crippen molar-refractivity contribution >= 4 is 5.97 Å². The van der Waals surface area contributed by atoms with Crippen LogP contribution in [0.1, 0.15) is 13.8 Å². The molecule has 0 amide bonds. The quantitative estimate of drug-likeness (QED) is 0.525. The SMILES string of the molecule is CC(=O)O.CCO.COC. The predicted octanol–water partition coefficient (Wildman–Crippen LogP) is 0.352. The molecule has 0 aliphatic carbocycles. The maximum absolute atomic E-state index is 9.00. The Morgan fingerprint density at radius 3 is 1.50 bits per heavy atom. The van der Waals surface area contributed by atoms with Crippen LogP contribution in [0.3, 0.4) is 0 Å². The predicted molar refractivity (Wildman–Crippen MR) is 39.0 cm³/mol. The van der Waals surface area contributed by atoms with E-state index in [0.29, 0.717) is 0 Å². The Kier molecular flexibility index (Phi) is 38.5. The Balaban J connectivity index is -0.0000000750. The van der Waals surface area contributed by atoms with Crippen molar-refractivity contribution < 1.29 is 19.7 Å². The fourth-order valence-electron chi connectivity index (χ4n) is 0. The van der Waals surface area contributed by atoms with Gasteiger partial charge in [-0.05, 0) is 6.92 Å². The Bertz CT molecular complexity index is 47.7. The molecule has 0 aromatic carbocycles. The van der Waals surface area contributed by atoms with Crippen LogP contribution in [0.15, 0.2) is 0 Å². The van der Waals surface area contributed by atoms with Gasteiger partial charge in [0.05, 0.1) is 0 Å². The first kappa shape index (κ1) is 16.2. The second-order valence-corrected chi connectivity index (χ2v) is 1.24. The van der Waals surface area contributed by atoms with E-state index in [9.17, 15) is 0 Å². The topological polar surface area (TPSA) is 66.8 Å². The smallest absolute Gasteiger partial charge is 0.300 e. The molecule has 0 atom stereocenters. The van der Waals surface area contributed by atoms with Gasteiger partial charge in [-0.25, -0.2) is 0 Å². The van der Waals surface area contributed by atoms with Gasteiger partial charge in [-0.2, -0.15) is 0 Å². The van der Waals surface area contributed by atoms with Crippen LogP contribution in [0.25, 0.3) is 0 Å². The third-order valence-electron chi connectivity index (χ3n) is 0. The summed E-state index contributed by atoms with van der Waals surface area (Å²) >= 11 is 0. The number of rotatable bonds is 0. The fourth-order valence-corrected chi connectivity index (χ4v) is 0. The molecule has 0 bridgehead atoms. The van der Waals surface area contributed by atoms with Crippen LogP contribution < -0.4 is 0 Å². The first-order valence-corrected chi connectivity index (χ1v) is 2.77. The molecule has 0 saturated carbocycles. The average molecular weight is 152 g/mol. The van der Waals surface area contributed by atoms with E-state index in [0.717, 1.165) is 6.92 Å². The van der Waals surface area contributed by atoms with Crippen LogP contribution in [0.2, 0.25) is 0 Å². The maximum Gasteiger partial charge on any atom is 0.300 e. The molecular formula is C6H16O4. The largest absolute Gasteiger partial charge is 0.481 e. The van der Waals surface area contributed by atoms with Crippen molar-refractivity contribution in [1.82, 2.24) is 0 Å². The van der Waals surface area contributed by atoms with Crippen molar-refractivity contribution in [3.8, 4) is 0 Å². The highest BCUT2D eigenvalue weighted by atomic mass is 16.4. The molecule has 0 saturated heterocycles. The Morgan fingerprint density at radius 2 is 1.50 bits per heavy atom. The van der Waals surface area contributed by atoms with Gasteiger partial charge in [0.15, 0.2) is 0 Å². The minimum absolute atomic E-state index is 0.250. The summed E-state index contributed by atoms with van der Waals surface area (Å²) in [5.41, 5.74) is 0. The van der Waals surface area contributed by atoms with Gasteiger partial charge >= 0.3 is 0 Å². The zero-order valence-electron chi connectivity index (χ0n) is 6.92. The second-order valence-electron chi connectivity index (χ2n) is 1.24. The summed E-state index contributed by atoms with van der Waals surface area (Å²) in [6.45, 7) is 3.01. The maximum atomic E-state index is 9.00.